The van der Waals surface area contributed by atoms with Crippen molar-refractivity contribution in [2.75, 3.05) is 0 Å². The molecule has 0 saturated heterocycles. The van der Waals surface area contributed by atoms with E-state index in [2.05, 4.69) is 26.5 Å². The van der Waals surface area contributed by atoms with Crippen LogP contribution >= 0.6 is 15.9 Å². The topological polar surface area (TPSA) is 81.9 Å². The Labute approximate surface area is 174 Å². The second kappa shape index (κ2) is 7.95. The van der Waals surface area contributed by atoms with Crippen LogP contribution in [0, 0.1) is 0 Å². The molecular formula is C22H27BrN2O3. The van der Waals surface area contributed by atoms with E-state index in [4.69, 9.17) is 0 Å². The maximum Gasteiger partial charge on any atom is 0.271 e. The molecule has 0 aliphatic rings. The van der Waals surface area contributed by atoms with Gasteiger partial charge in [-0.25, -0.2) is 5.43 Å². The van der Waals surface area contributed by atoms with Crippen LogP contribution in [-0.2, 0) is 10.8 Å². The fraction of sp³-hybridized carbons (Fsp3) is 0.364. The molecule has 6 heteroatoms. The normalized spacial score (nSPS) is 12.4. The smallest absolute Gasteiger partial charge is 0.271 e. The van der Waals surface area contributed by atoms with Crippen LogP contribution in [0.15, 0.2) is 39.9 Å². The minimum absolute atomic E-state index is 0.0656. The number of aromatic hydroxyl groups is 2. The van der Waals surface area contributed by atoms with E-state index >= 15 is 0 Å². The number of carbonyl (C=O) groups excluding carboxylic acids is 1. The average Bonchev–Trinajstić information content (AvgIpc) is 2.55. The third-order valence-electron chi connectivity index (χ3n) is 4.35. The molecule has 3 N–H and O–H groups in total. The van der Waals surface area contributed by atoms with E-state index in [0.717, 1.165) is 4.47 Å². The standard InChI is InChI=1S/C22H27BrN2O3/c1-21(2,3)16-10-13(11-17(19(16)27)22(4,5)6)20(28)25-24-12-14-9-15(23)7-8-18(14)26/h7-12,26-27H,1-6H3,(H,25,28). The maximum absolute atomic E-state index is 12.7. The van der Waals surface area contributed by atoms with Gasteiger partial charge in [0.15, 0.2) is 0 Å². The van der Waals surface area contributed by atoms with Crippen molar-refractivity contribution in [1.82, 2.24) is 5.43 Å². The average molecular weight is 447 g/mol. The molecule has 150 valence electrons. The zero-order valence-electron chi connectivity index (χ0n) is 17.1. The van der Waals surface area contributed by atoms with E-state index in [9.17, 15) is 15.0 Å². The number of rotatable bonds is 3. The quantitative estimate of drug-likeness (QED) is 0.446. The molecule has 0 aliphatic heterocycles. The van der Waals surface area contributed by atoms with Crippen molar-refractivity contribution >= 4 is 28.1 Å². The summed E-state index contributed by atoms with van der Waals surface area (Å²) in [5, 5.41) is 24.6. The van der Waals surface area contributed by atoms with Gasteiger partial charge in [0, 0.05) is 26.7 Å². The molecule has 0 aromatic heterocycles. The molecule has 0 saturated carbocycles. The molecule has 0 bridgehead atoms. The summed E-state index contributed by atoms with van der Waals surface area (Å²) in [5.74, 6) is -0.100. The Bertz CT molecular complexity index is 887. The van der Waals surface area contributed by atoms with Gasteiger partial charge in [0.25, 0.3) is 5.91 Å². The fourth-order valence-corrected chi connectivity index (χ4v) is 3.14. The van der Waals surface area contributed by atoms with Gasteiger partial charge in [0.1, 0.15) is 11.5 Å². The molecule has 0 aliphatic carbocycles. The Morgan fingerprint density at radius 2 is 1.54 bits per heavy atom. The van der Waals surface area contributed by atoms with E-state index < -0.39 is 0 Å². The number of nitrogens with zero attached hydrogens (tertiary/aromatic N) is 1. The number of hydrogen-bond acceptors (Lipinski definition) is 4. The number of benzene rings is 2. The lowest BCUT2D eigenvalue weighted by Crippen LogP contribution is -2.22. The van der Waals surface area contributed by atoms with E-state index in [1.165, 1.54) is 6.21 Å². The van der Waals surface area contributed by atoms with Crippen LogP contribution in [0.5, 0.6) is 11.5 Å². The van der Waals surface area contributed by atoms with Gasteiger partial charge in [0.2, 0.25) is 0 Å². The molecule has 0 radical (unpaired) electrons. The van der Waals surface area contributed by atoms with Crippen molar-refractivity contribution in [3.63, 3.8) is 0 Å². The Morgan fingerprint density at radius 3 is 2.04 bits per heavy atom. The van der Waals surface area contributed by atoms with Crippen molar-refractivity contribution in [2.45, 2.75) is 52.4 Å². The highest BCUT2D eigenvalue weighted by Crippen LogP contribution is 2.39. The van der Waals surface area contributed by atoms with Gasteiger partial charge >= 0.3 is 0 Å². The molecule has 5 nitrogen and oxygen atoms in total. The molecule has 0 spiro atoms. The summed E-state index contributed by atoms with van der Waals surface area (Å²) < 4.78 is 0.793. The third kappa shape index (κ3) is 5.13. The van der Waals surface area contributed by atoms with Gasteiger partial charge in [-0.05, 0) is 41.2 Å². The summed E-state index contributed by atoms with van der Waals surface area (Å²) in [6, 6.07) is 8.35. The maximum atomic E-state index is 12.7. The number of amides is 1. The minimum atomic E-state index is -0.387. The SMILES string of the molecule is CC(C)(C)c1cc(C(=O)NN=Cc2cc(Br)ccc2O)cc(C(C)(C)C)c1O. The Balaban J connectivity index is 2.37. The van der Waals surface area contributed by atoms with Gasteiger partial charge < -0.3 is 10.2 Å². The molecule has 28 heavy (non-hydrogen) atoms. The third-order valence-corrected chi connectivity index (χ3v) is 4.84. The summed E-state index contributed by atoms with van der Waals surface area (Å²) >= 11 is 3.33. The van der Waals surface area contributed by atoms with Crippen LogP contribution in [0.3, 0.4) is 0 Å². The molecule has 0 fully saturated rings. The highest BCUT2D eigenvalue weighted by Gasteiger charge is 2.27. The zero-order valence-corrected chi connectivity index (χ0v) is 18.7. The van der Waals surface area contributed by atoms with Gasteiger partial charge in [-0.15, -0.1) is 0 Å². The van der Waals surface area contributed by atoms with Gasteiger partial charge in [-0.2, -0.15) is 5.10 Å². The van der Waals surface area contributed by atoms with Crippen LogP contribution < -0.4 is 5.43 Å². The van der Waals surface area contributed by atoms with Crippen molar-refractivity contribution in [3.05, 3.63) is 57.1 Å². The molecular weight excluding hydrogens is 420 g/mol. The second-order valence-corrected chi connectivity index (χ2v) is 9.74. The van der Waals surface area contributed by atoms with Crippen molar-refractivity contribution in [2.24, 2.45) is 5.10 Å². The predicted octanol–water partition coefficient (Wildman–Crippen LogP) is 5.22. The Hall–Kier alpha value is -2.34. The molecule has 2 rings (SSSR count). The highest BCUT2D eigenvalue weighted by molar-refractivity contribution is 9.10. The Kier molecular flexibility index (Phi) is 6.24. The van der Waals surface area contributed by atoms with E-state index in [1.54, 1.807) is 30.3 Å². The van der Waals surface area contributed by atoms with Gasteiger partial charge in [-0.1, -0.05) is 57.5 Å². The lowest BCUT2D eigenvalue weighted by molar-refractivity contribution is 0.0955. The first-order valence-corrected chi connectivity index (χ1v) is 9.80. The first kappa shape index (κ1) is 22.0. The fourth-order valence-electron chi connectivity index (χ4n) is 2.76. The summed E-state index contributed by atoms with van der Waals surface area (Å²) in [6.07, 6.45) is 1.38. The van der Waals surface area contributed by atoms with E-state index in [1.807, 2.05) is 41.5 Å². The Morgan fingerprint density at radius 1 is 1.00 bits per heavy atom. The van der Waals surface area contributed by atoms with Crippen LogP contribution in [-0.4, -0.2) is 22.3 Å². The number of hydrogen-bond donors (Lipinski definition) is 3. The number of phenols is 2. The summed E-state index contributed by atoms with van der Waals surface area (Å²) in [4.78, 5) is 12.7. The first-order chi connectivity index (χ1) is 12.8. The number of phenolic OH excluding ortho intramolecular Hbond substituents is 2. The van der Waals surface area contributed by atoms with Crippen LogP contribution in [0.25, 0.3) is 0 Å². The lowest BCUT2D eigenvalue weighted by Gasteiger charge is -2.28. The van der Waals surface area contributed by atoms with E-state index in [-0.39, 0.29) is 28.2 Å². The van der Waals surface area contributed by atoms with Crippen LogP contribution in [0.2, 0.25) is 0 Å². The molecule has 1 amide bonds. The largest absolute Gasteiger partial charge is 0.507 e. The molecule has 0 heterocycles. The molecule has 0 unspecified atom stereocenters. The van der Waals surface area contributed by atoms with Crippen LogP contribution in [0.4, 0.5) is 0 Å². The number of nitrogens with one attached hydrogen (secondary N) is 1. The predicted molar refractivity (Wildman–Crippen MR) is 116 cm³/mol. The zero-order chi connectivity index (χ0) is 21.3. The monoisotopic (exact) mass is 446 g/mol. The molecule has 2 aromatic carbocycles. The number of halogens is 1. The first-order valence-electron chi connectivity index (χ1n) is 9.00. The number of hydrazone groups is 1. The van der Waals surface area contributed by atoms with Crippen LogP contribution in [0.1, 0.15) is 68.6 Å². The van der Waals surface area contributed by atoms with E-state index in [0.29, 0.717) is 22.3 Å². The van der Waals surface area contributed by atoms with Crippen molar-refractivity contribution < 1.29 is 15.0 Å². The summed E-state index contributed by atoms with van der Waals surface area (Å²) in [6.45, 7) is 11.9. The van der Waals surface area contributed by atoms with Crippen molar-refractivity contribution in [3.8, 4) is 11.5 Å². The van der Waals surface area contributed by atoms with Crippen molar-refractivity contribution in [1.29, 1.82) is 0 Å². The lowest BCUT2D eigenvalue weighted by atomic mass is 9.78. The van der Waals surface area contributed by atoms with Gasteiger partial charge in [0.05, 0.1) is 6.21 Å². The van der Waals surface area contributed by atoms with Gasteiger partial charge in [-0.3, -0.25) is 4.79 Å². The molecule has 0 atom stereocenters. The minimum Gasteiger partial charge on any atom is -0.507 e. The highest BCUT2D eigenvalue weighted by atomic mass is 79.9. The second-order valence-electron chi connectivity index (χ2n) is 8.82. The summed E-state index contributed by atoms with van der Waals surface area (Å²) in [5.41, 5.74) is 4.15. The summed E-state index contributed by atoms with van der Waals surface area (Å²) in [7, 11) is 0. The molecule has 2 aromatic rings. The number of carbonyl (C=O) groups is 1.